The molecule has 10 heteroatoms. The van der Waals surface area contributed by atoms with E-state index in [0.29, 0.717) is 44.1 Å². The molecule has 0 fully saturated rings. The van der Waals surface area contributed by atoms with Crippen molar-refractivity contribution in [2.75, 3.05) is 0 Å². The number of non-ortho nitro benzene ring substituents is 1. The van der Waals surface area contributed by atoms with Gasteiger partial charge in [0.2, 0.25) is 0 Å². The van der Waals surface area contributed by atoms with E-state index in [1.165, 1.54) is 24.4 Å². The average Bonchev–Trinajstić information content (AvgIpc) is 2.96. The van der Waals surface area contributed by atoms with Crippen molar-refractivity contribution in [1.29, 1.82) is 0 Å². The molecule has 0 atom stereocenters. The molecule has 0 radical (unpaired) electrons. The van der Waals surface area contributed by atoms with E-state index in [0.717, 1.165) is 5.56 Å². The highest BCUT2D eigenvalue weighted by atomic mass is 35.5. The largest absolute Gasteiger partial charge is 0.487 e. The van der Waals surface area contributed by atoms with Crippen LogP contribution in [-0.4, -0.2) is 22.0 Å². The van der Waals surface area contributed by atoms with E-state index in [-0.39, 0.29) is 17.3 Å². The van der Waals surface area contributed by atoms with E-state index >= 15 is 0 Å². The van der Waals surface area contributed by atoms with E-state index in [9.17, 15) is 14.9 Å². The molecule has 5 rings (SSSR count). The Kier molecular flexibility index (Phi) is 8.00. The Labute approximate surface area is 239 Å². The molecule has 0 spiro atoms. The number of nitro benzene ring substituents is 1. The summed E-state index contributed by atoms with van der Waals surface area (Å²) in [6, 6.07) is 27.8. The predicted octanol–water partition coefficient (Wildman–Crippen LogP) is 7.46. The number of aromatic nitrogens is 1. The van der Waals surface area contributed by atoms with E-state index in [1.807, 2.05) is 54.6 Å². The highest BCUT2D eigenvalue weighted by Gasteiger charge is 2.15. The monoisotopic (exact) mass is 570 g/mol. The molecule has 0 aliphatic carbocycles. The van der Waals surface area contributed by atoms with Gasteiger partial charge >= 0.3 is 0 Å². The summed E-state index contributed by atoms with van der Waals surface area (Å²) in [6.45, 7) is 0.0951. The van der Waals surface area contributed by atoms with Crippen molar-refractivity contribution < 1.29 is 14.5 Å². The number of hydrogen-bond acceptors (Lipinski definition) is 6. The first-order chi connectivity index (χ1) is 19.4. The SMILES string of the molecule is O=C(N/N=C\c1cc(Cl)cc(Cl)c1OCc1ccc([N+](=O)[O-])cc1)c1cc(-c2ccccc2)nc2ccccc12. The van der Waals surface area contributed by atoms with Crippen LogP contribution in [0.2, 0.25) is 10.0 Å². The smallest absolute Gasteiger partial charge is 0.272 e. The number of nitro groups is 1. The number of halogens is 2. The van der Waals surface area contributed by atoms with Crippen LogP contribution in [0.15, 0.2) is 102 Å². The van der Waals surface area contributed by atoms with Crippen molar-refractivity contribution >= 4 is 51.9 Å². The van der Waals surface area contributed by atoms with Crippen molar-refractivity contribution in [3.63, 3.8) is 0 Å². The lowest BCUT2D eigenvalue weighted by Gasteiger charge is -2.12. The molecule has 40 heavy (non-hydrogen) atoms. The number of hydrogen-bond donors (Lipinski definition) is 1. The number of carbonyl (C=O) groups excluding carboxylic acids is 1. The highest BCUT2D eigenvalue weighted by molar-refractivity contribution is 6.36. The Morgan fingerprint density at radius 2 is 1.70 bits per heavy atom. The second-order valence-corrected chi connectivity index (χ2v) is 9.50. The van der Waals surface area contributed by atoms with Gasteiger partial charge in [0.15, 0.2) is 0 Å². The van der Waals surface area contributed by atoms with Crippen molar-refractivity contribution in [3.05, 3.63) is 134 Å². The van der Waals surface area contributed by atoms with Crippen LogP contribution in [0.4, 0.5) is 5.69 Å². The molecule has 4 aromatic carbocycles. The second-order valence-electron chi connectivity index (χ2n) is 8.66. The van der Waals surface area contributed by atoms with Gasteiger partial charge in [-0.1, -0.05) is 71.7 Å². The number of benzene rings is 4. The van der Waals surface area contributed by atoms with Crippen LogP contribution in [0.25, 0.3) is 22.2 Å². The summed E-state index contributed by atoms with van der Waals surface area (Å²) in [4.78, 5) is 28.4. The van der Waals surface area contributed by atoms with Gasteiger partial charge in [-0.25, -0.2) is 10.4 Å². The molecule has 1 heterocycles. The fraction of sp³-hybridized carbons (Fsp3) is 0.0333. The molecule has 0 saturated heterocycles. The van der Waals surface area contributed by atoms with Crippen LogP contribution in [0.5, 0.6) is 5.75 Å². The number of rotatable bonds is 8. The Hall–Kier alpha value is -4.79. The van der Waals surface area contributed by atoms with Gasteiger partial charge in [0.25, 0.3) is 11.6 Å². The van der Waals surface area contributed by atoms with Crippen LogP contribution in [-0.2, 0) is 6.61 Å². The van der Waals surface area contributed by atoms with E-state index in [2.05, 4.69) is 10.5 Å². The number of carbonyl (C=O) groups is 1. The third kappa shape index (κ3) is 6.09. The Morgan fingerprint density at radius 1 is 0.975 bits per heavy atom. The van der Waals surface area contributed by atoms with E-state index in [4.69, 9.17) is 32.9 Å². The van der Waals surface area contributed by atoms with Gasteiger partial charge in [-0.15, -0.1) is 0 Å². The standard InChI is InChI=1S/C30H20Cl2N4O4/c31-22-14-21(29(26(32)15-22)40-18-19-10-12-23(13-11-19)36(38)39)17-33-35-30(37)25-16-28(20-6-2-1-3-7-20)34-27-9-5-4-8-24(25)27/h1-17H,18H2,(H,35,37)/b33-17-. The van der Waals surface area contributed by atoms with Gasteiger partial charge in [0.05, 0.1) is 32.9 Å². The molecule has 1 amide bonds. The lowest BCUT2D eigenvalue weighted by Crippen LogP contribution is -2.18. The minimum atomic E-state index is -0.471. The fourth-order valence-electron chi connectivity index (χ4n) is 4.04. The zero-order valence-corrected chi connectivity index (χ0v) is 22.3. The average molecular weight is 571 g/mol. The van der Waals surface area contributed by atoms with Crippen molar-refractivity contribution in [2.24, 2.45) is 5.10 Å². The van der Waals surface area contributed by atoms with Crippen LogP contribution in [0.3, 0.4) is 0 Å². The van der Waals surface area contributed by atoms with Crippen molar-refractivity contribution in [3.8, 4) is 17.0 Å². The number of fused-ring (bicyclic) bond motifs is 1. The molecule has 1 N–H and O–H groups in total. The molecule has 8 nitrogen and oxygen atoms in total. The third-order valence-corrected chi connectivity index (χ3v) is 6.47. The minimum Gasteiger partial charge on any atom is -0.487 e. The summed E-state index contributed by atoms with van der Waals surface area (Å²) >= 11 is 12.6. The fourth-order valence-corrected chi connectivity index (χ4v) is 4.60. The summed E-state index contributed by atoms with van der Waals surface area (Å²) in [6.07, 6.45) is 1.39. The van der Waals surface area contributed by atoms with Crippen LogP contribution < -0.4 is 10.2 Å². The number of nitrogens with one attached hydrogen (secondary N) is 1. The highest BCUT2D eigenvalue weighted by Crippen LogP contribution is 2.32. The maximum atomic E-state index is 13.3. The molecule has 1 aromatic heterocycles. The van der Waals surface area contributed by atoms with E-state index in [1.54, 1.807) is 24.3 Å². The molecule has 0 bridgehead atoms. The molecule has 0 unspecified atom stereocenters. The van der Waals surface area contributed by atoms with E-state index < -0.39 is 10.8 Å². The first-order valence-corrected chi connectivity index (χ1v) is 12.8. The Balaban J connectivity index is 1.38. The number of para-hydroxylation sites is 1. The lowest BCUT2D eigenvalue weighted by atomic mass is 10.0. The summed E-state index contributed by atoms with van der Waals surface area (Å²) < 4.78 is 5.90. The van der Waals surface area contributed by atoms with Gasteiger partial charge < -0.3 is 4.74 Å². The maximum absolute atomic E-state index is 13.3. The number of amides is 1. The second kappa shape index (κ2) is 11.9. The topological polar surface area (TPSA) is 107 Å². The summed E-state index contributed by atoms with van der Waals surface area (Å²) in [5.41, 5.74) is 6.33. The Morgan fingerprint density at radius 3 is 2.45 bits per heavy atom. The van der Waals surface area contributed by atoms with Gasteiger partial charge in [-0.05, 0) is 42.0 Å². The maximum Gasteiger partial charge on any atom is 0.272 e. The predicted molar refractivity (Wildman–Crippen MR) is 156 cm³/mol. The van der Waals surface area contributed by atoms with Crippen molar-refractivity contribution in [1.82, 2.24) is 10.4 Å². The molecular formula is C30H20Cl2N4O4. The molecule has 0 aliphatic rings. The quantitative estimate of drug-likeness (QED) is 0.118. The van der Waals surface area contributed by atoms with Crippen LogP contribution >= 0.6 is 23.2 Å². The molecule has 198 valence electrons. The Bertz CT molecular complexity index is 1740. The van der Waals surface area contributed by atoms with Gasteiger partial charge in [0, 0.05) is 33.7 Å². The number of ether oxygens (including phenoxy) is 1. The molecule has 5 aromatic rings. The lowest BCUT2D eigenvalue weighted by molar-refractivity contribution is -0.384. The third-order valence-electron chi connectivity index (χ3n) is 5.97. The summed E-state index contributed by atoms with van der Waals surface area (Å²) in [5, 5.41) is 16.3. The number of hydrazone groups is 1. The van der Waals surface area contributed by atoms with Gasteiger partial charge in [-0.2, -0.15) is 5.10 Å². The minimum absolute atomic E-state index is 0.0188. The molecular weight excluding hydrogens is 551 g/mol. The zero-order chi connectivity index (χ0) is 28.1. The number of nitrogens with zero attached hydrogens (tertiary/aromatic N) is 3. The molecule has 0 saturated carbocycles. The van der Waals surface area contributed by atoms with Crippen molar-refractivity contribution in [2.45, 2.75) is 6.61 Å². The van der Waals surface area contributed by atoms with Crippen LogP contribution in [0, 0.1) is 10.1 Å². The first kappa shape index (κ1) is 26.8. The normalized spacial score (nSPS) is 11.1. The van der Waals surface area contributed by atoms with Gasteiger partial charge in [0.1, 0.15) is 12.4 Å². The summed E-state index contributed by atoms with van der Waals surface area (Å²) in [5.74, 6) is -0.128. The first-order valence-electron chi connectivity index (χ1n) is 12.0. The van der Waals surface area contributed by atoms with Crippen LogP contribution in [0.1, 0.15) is 21.5 Å². The molecule has 0 aliphatic heterocycles. The summed E-state index contributed by atoms with van der Waals surface area (Å²) in [7, 11) is 0. The van der Waals surface area contributed by atoms with Gasteiger partial charge in [-0.3, -0.25) is 14.9 Å². The zero-order valence-electron chi connectivity index (χ0n) is 20.8. The number of pyridine rings is 1.